The van der Waals surface area contributed by atoms with Crippen LogP contribution >= 0.6 is 19.9 Å². The number of carbonyl (C=O) groups is 1. The van der Waals surface area contributed by atoms with Gasteiger partial charge in [-0.3, -0.25) is 4.57 Å². The smallest absolute Gasteiger partial charge is 0.462 e. The number of aliphatic hydroxyl groups excluding tert-OH is 2. The Hall–Kier alpha value is -2.03. The summed E-state index contributed by atoms with van der Waals surface area (Å²) >= 11 is 5.82. The number of nitrogen functional groups attached to an aromatic ring is 1. The SMILES string of the molecule is CCOC(=O)C(OC[C@H]1O[C@@H](n2cnc3c(N)nc(Cl)nc32)[C@H](O)[C@@H]1O)O[P+](=O)O. The van der Waals surface area contributed by atoms with Crippen LogP contribution in [0.25, 0.3) is 11.2 Å². The Bertz CT molecular complexity index is 946. The molecule has 2 aromatic rings. The lowest BCUT2D eigenvalue weighted by atomic mass is 10.1. The van der Waals surface area contributed by atoms with E-state index in [4.69, 9.17) is 31.7 Å². The van der Waals surface area contributed by atoms with E-state index in [1.54, 1.807) is 0 Å². The topological polar surface area (TPSA) is 201 Å². The van der Waals surface area contributed by atoms with Crippen molar-refractivity contribution < 1.29 is 43.2 Å². The maximum absolute atomic E-state index is 11.8. The molecule has 2 aromatic heterocycles. The van der Waals surface area contributed by atoms with E-state index in [0.717, 1.165) is 0 Å². The Morgan fingerprint density at radius 2 is 2.17 bits per heavy atom. The fourth-order valence-electron chi connectivity index (χ4n) is 2.81. The molecule has 0 radical (unpaired) electrons. The maximum atomic E-state index is 11.8. The van der Waals surface area contributed by atoms with Crippen molar-refractivity contribution in [1.82, 2.24) is 19.5 Å². The van der Waals surface area contributed by atoms with Crippen LogP contribution in [-0.2, 0) is 28.1 Å². The highest BCUT2D eigenvalue weighted by Crippen LogP contribution is 2.33. The molecule has 0 aliphatic carbocycles. The first-order valence-corrected chi connectivity index (χ1v) is 10.0. The Morgan fingerprint density at radius 1 is 1.43 bits per heavy atom. The number of nitrogens with zero attached hydrogens (tertiary/aromatic N) is 4. The van der Waals surface area contributed by atoms with E-state index < -0.39 is 51.7 Å². The van der Waals surface area contributed by atoms with Crippen LogP contribution in [0.4, 0.5) is 5.82 Å². The van der Waals surface area contributed by atoms with Crippen LogP contribution in [0.2, 0.25) is 5.28 Å². The molecule has 1 aliphatic heterocycles. The van der Waals surface area contributed by atoms with E-state index in [9.17, 15) is 19.6 Å². The normalized spacial score (nSPS) is 25.4. The zero-order chi connectivity index (χ0) is 22.0. The van der Waals surface area contributed by atoms with Gasteiger partial charge in [0.05, 0.1) is 19.5 Å². The first-order valence-electron chi connectivity index (χ1n) is 8.51. The summed E-state index contributed by atoms with van der Waals surface area (Å²) in [5.41, 5.74) is 6.12. The van der Waals surface area contributed by atoms with Crippen molar-refractivity contribution in [3.05, 3.63) is 11.6 Å². The minimum Gasteiger partial charge on any atom is -0.462 e. The maximum Gasteiger partial charge on any atom is 0.698 e. The second-order valence-corrected chi connectivity index (χ2v) is 7.03. The van der Waals surface area contributed by atoms with E-state index in [-0.39, 0.29) is 28.9 Å². The Morgan fingerprint density at radius 3 is 2.83 bits per heavy atom. The van der Waals surface area contributed by atoms with Gasteiger partial charge in [-0.05, 0) is 18.5 Å². The van der Waals surface area contributed by atoms with Gasteiger partial charge >= 0.3 is 20.5 Å². The fraction of sp³-hybridized carbons (Fsp3) is 0.571. The summed E-state index contributed by atoms with van der Waals surface area (Å²) in [6.07, 6.45) is -5.74. The average molecular weight is 467 g/mol. The molecule has 16 heteroatoms. The molecule has 1 saturated heterocycles. The van der Waals surface area contributed by atoms with Gasteiger partial charge in [0, 0.05) is 4.57 Å². The van der Waals surface area contributed by atoms with E-state index in [2.05, 4.69) is 24.2 Å². The number of carbonyl (C=O) groups excluding carboxylic acids is 1. The van der Waals surface area contributed by atoms with E-state index in [0.29, 0.717) is 0 Å². The molecule has 6 atom stereocenters. The molecule has 0 bridgehead atoms. The molecule has 0 saturated carbocycles. The lowest BCUT2D eigenvalue weighted by Crippen LogP contribution is -2.37. The second kappa shape index (κ2) is 9.41. The first-order chi connectivity index (χ1) is 14.2. The molecule has 3 rings (SSSR count). The highest BCUT2D eigenvalue weighted by atomic mass is 35.5. The minimum absolute atomic E-state index is 0.0178. The van der Waals surface area contributed by atoms with Crippen LogP contribution in [0.3, 0.4) is 0 Å². The van der Waals surface area contributed by atoms with Crippen molar-refractivity contribution >= 4 is 42.8 Å². The lowest BCUT2D eigenvalue weighted by Gasteiger charge is -2.17. The molecule has 30 heavy (non-hydrogen) atoms. The van der Waals surface area contributed by atoms with Crippen molar-refractivity contribution in [3.8, 4) is 0 Å². The molecule has 14 nitrogen and oxygen atoms in total. The van der Waals surface area contributed by atoms with Crippen LogP contribution in [0.15, 0.2) is 6.33 Å². The Labute approximate surface area is 174 Å². The number of esters is 1. The number of aromatic nitrogens is 4. The summed E-state index contributed by atoms with van der Waals surface area (Å²) in [6, 6.07) is 0. The van der Waals surface area contributed by atoms with Crippen molar-refractivity contribution in [2.75, 3.05) is 18.9 Å². The minimum atomic E-state index is -3.17. The average Bonchev–Trinajstić information content (AvgIpc) is 3.21. The molecule has 2 unspecified atom stereocenters. The van der Waals surface area contributed by atoms with Gasteiger partial charge in [0.2, 0.25) is 5.28 Å². The van der Waals surface area contributed by atoms with Crippen LogP contribution in [-0.4, -0.2) is 78.4 Å². The molecule has 5 N–H and O–H groups in total. The zero-order valence-electron chi connectivity index (χ0n) is 15.4. The second-order valence-electron chi connectivity index (χ2n) is 6.01. The lowest BCUT2D eigenvalue weighted by molar-refractivity contribution is -0.185. The van der Waals surface area contributed by atoms with Gasteiger partial charge in [0.15, 0.2) is 17.7 Å². The zero-order valence-corrected chi connectivity index (χ0v) is 17.0. The Balaban J connectivity index is 1.75. The monoisotopic (exact) mass is 466 g/mol. The van der Waals surface area contributed by atoms with Gasteiger partial charge in [-0.15, -0.1) is 4.89 Å². The predicted molar refractivity (Wildman–Crippen MR) is 98.0 cm³/mol. The number of imidazole rings is 1. The number of anilines is 1. The van der Waals surface area contributed by atoms with Crippen LogP contribution in [0, 0.1) is 0 Å². The van der Waals surface area contributed by atoms with Crippen molar-refractivity contribution in [1.29, 1.82) is 0 Å². The molecule has 3 heterocycles. The predicted octanol–water partition coefficient (Wildman–Crippen LogP) is -0.747. The van der Waals surface area contributed by atoms with Crippen molar-refractivity contribution in [2.24, 2.45) is 0 Å². The fourth-order valence-corrected chi connectivity index (χ4v) is 3.29. The molecule has 1 aliphatic rings. The highest BCUT2D eigenvalue weighted by Gasteiger charge is 2.45. The van der Waals surface area contributed by atoms with E-state index >= 15 is 0 Å². The van der Waals surface area contributed by atoms with Gasteiger partial charge < -0.3 is 30.2 Å². The van der Waals surface area contributed by atoms with E-state index in [1.807, 2.05) is 0 Å². The number of hydrogen-bond donors (Lipinski definition) is 4. The summed E-state index contributed by atoms with van der Waals surface area (Å²) in [7, 11) is -3.17. The van der Waals surface area contributed by atoms with Gasteiger partial charge in [0.25, 0.3) is 0 Å². The summed E-state index contributed by atoms with van der Waals surface area (Å²) in [6.45, 7) is 1.03. The number of rotatable bonds is 8. The molecule has 0 aromatic carbocycles. The largest absolute Gasteiger partial charge is 0.698 e. The molecular weight excluding hydrogens is 449 g/mol. The third-order valence-electron chi connectivity index (χ3n) is 4.11. The number of nitrogens with two attached hydrogens (primary N) is 1. The summed E-state index contributed by atoms with van der Waals surface area (Å²) in [5.74, 6) is -1.02. The Kier molecular flexibility index (Phi) is 7.10. The first kappa shape index (κ1) is 22.7. The van der Waals surface area contributed by atoms with Crippen molar-refractivity contribution in [3.63, 3.8) is 0 Å². The van der Waals surface area contributed by atoms with Gasteiger partial charge in [0.1, 0.15) is 23.8 Å². The standard InChI is InChI=1S/C14H17ClN5O9P/c1-2-26-12(23)13(29-30(24)25)27-3-5-7(21)8(22)11(28-5)20-4-17-6-9(16)18-14(15)19-10(6)20/h4-5,7-8,11,13,21-22H,2-3H2,1H3,(H2-,16,18,19,24,25)/p+1/t5-,7-,8-,11-,13?/m1/s1. The summed E-state index contributed by atoms with van der Waals surface area (Å²) in [5, 5.41) is 20.6. The van der Waals surface area contributed by atoms with Crippen LogP contribution in [0.1, 0.15) is 13.2 Å². The van der Waals surface area contributed by atoms with Gasteiger partial charge in [-0.25, -0.2) is 9.78 Å². The molecular formula is C14H18ClN5O9P+. The molecule has 164 valence electrons. The van der Waals surface area contributed by atoms with E-state index in [1.165, 1.54) is 17.8 Å². The summed E-state index contributed by atoms with van der Waals surface area (Å²) in [4.78, 5) is 32.5. The third-order valence-corrected chi connectivity index (χ3v) is 4.65. The van der Waals surface area contributed by atoms with Crippen LogP contribution in [0.5, 0.6) is 0 Å². The quantitative estimate of drug-likeness (QED) is 0.164. The number of fused-ring (bicyclic) bond motifs is 1. The summed E-state index contributed by atoms with van der Waals surface area (Å²) < 4.78 is 32.1. The number of hydrogen-bond acceptors (Lipinski definition) is 12. The molecule has 1 fully saturated rings. The number of halogens is 1. The van der Waals surface area contributed by atoms with Gasteiger partial charge in [-0.1, -0.05) is 4.52 Å². The van der Waals surface area contributed by atoms with Crippen LogP contribution < -0.4 is 5.73 Å². The van der Waals surface area contributed by atoms with Gasteiger partial charge in [-0.2, -0.15) is 9.97 Å². The molecule has 0 spiro atoms. The highest BCUT2D eigenvalue weighted by molar-refractivity contribution is 7.32. The van der Waals surface area contributed by atoms with Crippen molar-refractivity contribution in [2.45, 2.75) is 37.8 Å². The third kappa shape index (κ3) is 4.66. The molecule has 0 amide bonds. The number of aliphatic hydroxyl groups is 2. The number of ether oxygens (including phenoxy) is 3.